The fourth-order valence-corrected chi connectivity index (χ4v) is 2.03. The van der Waals surface area contributed by atoms with Gasteiger partial charge in [-0.15, -0.1) is 0 Å². The molecule has 0 atom stereocenters. The minimum atomic E-state index is -0.495. The Morgan fingerprint density at radius 1 is 1.10 bits per heavy atom. The molecule has 0 saturated carbocycles. The van der Waals surface area contributed by atoms with Crippen molar-refractivity contribution in [1.82, 2.24) is 0 Å². The molecular weight excluding hydrogens is 256 g/mol. The number of methoxy groups -OCH3 is 1. The molecule has 0 N–H and O–H groups in total. The minimum absolute atomic E-state index is 0.205. The van der Waals surface area contributed by atoms with Crippen LogP contribution in [0.25, 0.3) is 0 Å². The summed E-state index contributed by atoms with van der Waals surface area (Å²) in [7, 11) is 1.35. The fraction of sp³-hybridized carbons (Fsp3) is 0.500. The zero-order valence-corrected chi connectivity index (χ0v) is 13.0. The second-order valence-corrected chi connectivity index (χ2v) is 5.84. The van der Waals surface area contributed by atoms with Crippen LogP contribution in [0.2, 0.25) is 0 Å². The smallest absolute Gasteiger partial charge is 0.337 e. The van der Waals surface area contributed by atoms with Gasteiger partial charge in [-0.1, -0.05) is 0 Å². The molecule has 0 saturated heterocycles. The molecule has 0 aliphatic rings. The lowest BCUT2D eigenvalue weighted by Crippen LogP contribution is -2.25. The van der Waals surface area contributed by atoms with Gasteiger partial charge in [0.1, 0.15) is 5.60 Å². The molecule has 1 aromatic carbocycles. The molecule has 0 aliphatic heterocycles. The van der Waals surface area contributed by atoms with E-state index in [-0.39, 0.29) is 18.4 Å². The van der Waals surface area contributed by atoms with Gasteiger partial charge >= 0.3 is 11.9 Å². The van der Waals surface area contributed by atoms with Crippen LogP contribution in [0.5, 0.6) is 0 Å². The van der Waals surface area contributed by atoms with Gasteiger partial charge < -0.3 is 9.47 Å². The number of carbonyl (C=O) groups is 2. The first kappa shape index (κ1) is 16.2. The highest BCUT2D eigenvalue weighted by Crippen LogP contribution is 2.19. The van der Waals surface area contributed by atoms with E-state index in [1.54, 1.807) is 12.1 Å². The monoisotopic (exact) mass is 278 g/mol. The van der Waals surface area contributed by atoms with Crippen molar-refractivity contribution in [2.24, 2.45) is 0 Å². The summed E-state index contributed by atoms with van der Waals surface area (Å²) in [4.78, 5) is 23.4. The Morgan fingerprint density at radius 2 is 1.60 bits per heavy atom. The molecule has 0 aromatic heterocycles. The van der Waals surface area contributed by atoms with E-state index >= 15 is 0 Å². The Kier molecular flexibility index (Phi) is 4.93. The first-order chi connectivity index (χ1) is 9.14. The van der Waals surface area contributed by atoms with Crippen molar-refractivity contribution in [1.29, 1.82) is 0 Å². The molecule has 0 aliphatic carbocycles. The van der Waals surface area contributed by atoms with Crippen molar-refractivity contribution in [2.75, 3.05) is 7.11 Å². The van der Waals surface area contributed by atoms with Crippen molar-refractivity contribution in [2.45, 2.75) is 46.6 Å². The van der Waals surface area contributed by atoms with Gasteiger partial charge in [0.15, 0.2) is 0 Å². The number of rotatable bonds is 3. The maximum Gasteiger partial charge on any atom is 0.337 e. The average Bonchev–Trinajstić information content (AvgIpc) is 2.30. The van der Waals surface area contributed by atoms with E-state index in [0.29, 0.717) is 5.56 Å². The lowest BCUT2D eigenvalue weighted by atomic mass is 9.97. The van der Waals surface area contributed by atoms with Gasteiger partial charge in [-0.25, -0.2) is 4.79 Å². The van der Waals surface area contributed by atoms with Gasteiger partial charge in [0.2, 0.25) is 0 Å². The molecule has 0 heterocycles. The van der Waals surface area contributed by atoms with Crippen LogP contribution in [-0.2, 0) is 20.7 Å². The number of ether oxygens (including phenoxy) is 2. The second-order valence-electron chi connectivity index (χ2n) is 5.84. The molecule has 4 heteroatoms. The highest BCUT2D eigenvalue weighted by Gasteiger charge is 2.19. The summed E-state index contributed by atoms with van der Waals surface area (Å²) in [6.45, 7) is 9.26. The van der Waals surface area contributed by atoms with E-state index in [2.05, 4.69) is 0 Å². The number of carbonyl (C=O) groups excluding carboxylic acids is 2. The largest absolute Gasteiger partial charge is 0.465 e. The first-order valence-electron chi connectivity index (χ1n) is 6.54. The Bertz CT molecular complexity index is 501. The SMILES string of the molecule is COC(=O)c1cc(C)c(CC(=O)OC(C)(C)C)c(C)c1. The van der Waals surface area contributed by atoms with E-state index < -0.39 is 5.60 Å². The number of esters is 2. The van der Waals surface area contributed by atoms with Gasteiger partial charge in [-0.05, 0) is 63.4 Å². The van der Waals surface area contributed by atoms with Crippen LogP contribution in [0.4, 0.5) is 0 Å². The van der Waals surface area contributed by atoms with Crippen LogP contribution in [0.1, 0.15) is 47.8 Å². The standard InChI is InChI=1S/C16H22O4/c1-10-7-12(15(18)19-6)8-11(2)13(10)9-14(17)20-16(3,4)5/h7-8H,9H2,1-6H3. The molecule has 0 bridgehead atoms. The molecule has 20 heavy (non-hydrogen) atoms. The number of hydrogen-bond acceptors (Lipinski definition) is 4. The Morgan fingerprint density at radius 3 is 2.00 bits per heavy atom. The maximum absolute atomic E-state index is 11.9. The Balaban J connectivity index is 2.98. The molecule has 0 fully saturated rings. The average molecular weight is 278 g/mol. The highest BCUT2D eigenvalue weighted by atomic mass is 16.6. The van der Waals surface area contributed by atoms with Gasteiger partial charge in [0, 0.05) is 0 Å². The summed E-state index contributed by atoms with van der Waals surface area (Å²) in [6, 6.07) is 3.47. The van der Waals surface area contributed by atoms with Crippen LogP contribution < -0.4 is 0 Å². The Labute approximate surface area is 120 Å². The van der Waals surface area contributed by atoms with E-state index in [0.717, 1.165) is 16.7 Å². The summed E-state index contributed by atoms with van der Waals surface area (Å²) < 4.78 is 10.0. The van der Waals surface area contributed by atoms with Crippen molar-refractivity contribution in [3.8, 4) is 0 Å². The Hall–Kier alpha value is -1.84. The topological polar surface area (TPSA) is 52.6 Å². The van der Waals surface area contributed by atoms with Gasteiger partial charge in [0.05, 0.1) is 19.1 Å². The summed E-state index contributed by atoms with van der Waals surface area (Å²) in [6.07, 6.45) is 0.205. The lowest BCUT2D eigenvalue weighted by Gasteiger charge is -2.20. The van der Waals surface area contributed by atoms with Crippen molar-refractivity contribution in [3.63, 3.8) is 0 Å². The van der Waals surface area contributed by atoms with Crippen LogP contribution in [0.3, 0.4) is 0 Å². The third-order valence-electron chi connectivity index (χ3n) is 2.86. The predicted molar refractivity (Wildman–Crippen MR) is 76.8 cm³/mol. The van der Waals surface area contributed by atoms with Crippen molar-refractivity contribution >= 4 is 11.9 Å². The van der Waals surface area contributed by atoms with Gasteiger partial charge in [0.25, 0.3) is 0 Å². The van der Waals surface area contributed by atoms with Crippen LogP contribution >= 0.6 is 0 Å². The summed E-state index contributed by atoms with van der Waals surface area (Å²) >= 11 is 0. The third-order valence-corrected chi connectivity index (χ3v) is 2.86. The normalized spacial score (nSPS) is 11.1. The lowest BCUT2D eigenvalue weighted by molar-refractivity contribution is -0.153. The first-order valence-corrected chi connectivity index (χ1v) is 6.54. The molecular formula is C16H22O4. The van der Waals surface area contributed by atoms with Crippen molar-refractivity contribution in [3.05, 3.63) is 34.4 Å². The third kappa shape index (κ3) is 4.37. The van der Waals surface area contributed by atoms with Crippen LogP contribution in [0.15, 0.2) is 12.1 Å². The summed E-state index contributed by atoms with van der Waals surface area (Å²) in [5.74, 6) is -0.644. The number of hydrogen-bond donors (Lipinski definition) is 0. The van der Waals surface area contributed by atoms with E-state index in [9.17, 15) is 9.59 Å². The predicted octanol–water partition coefficient (Wildman–Crippen LogP) is 2.97. The molecule has 110 valence electrons. The molecule has 0 radical (unpaired) electrons. The van der Waals surface area contributed by atoms with Crippen LogP contribution in [0, 0.1) is 13.8 Å². The highest BCUT2D eigenvalue weighted by molar-refractivity contribution is 5.90. The van der Waals surface area contributed by atoms with Crippen LogP contribution in [-0.4, -0.2) is 24.6 Å². The zero-order chi connectivity index (χ0) is 15.5. The van der Waals surface area contributed by atoms with Gasteiger partial charge in [-0.3, -0.25) is 4.79 Å². The zero-order valence-electron chi connectivity index (χ0n) is 13.0. The van der Waals surface area contributed by atoms with E-state index in [4.69, 9.17) is 9.47 Å². The second kappa shape index (κ2) is 6.07. The molecule has 0 spiro atoms. The van der Waals surface area contributed by atoms with E-state index in [1.165, 1.54) is 7.11 Å². The summed E-state index contributed by atoms with van der Waals surface area (Å²) in [5.41, 5.74) is 2.67. The summed E-state index contributed by atoms with van der Waals surface area (Å²) in [5, 5.41) is 0. The number of aryl methyl sites for hydroxylation is 2. The molecule has 1 rings (SSSR count). The van der Waals surface area contributed by atoms with Crippen molar-refractivity contribution < 1.29 is 19.1 Å². The maximum atomic E-state index is 11.9. The molecule has 0 unspecified atom stereocenters. The van der Waals surface area contributed by atoms with Gasteiger partial charge in [-0.2, -0.15) is 0 Å². The quantitative estimate of drug-likeness (QED) is 0.798. The molecule has 4 nitrogen and oxygen atoms in total. The van der Waals surface area contributed by atoms with E-state index in [1.807, 2.05) is 34.6 Å². The minimum Gasteiger partial charge on any atom is -0.465 e. The fourth-order valence-electron chi connectivity index (χ4n) is 2.03. The number of benzene rings is 1. The molecule has 1 aromatic rings. The molecule has 0 amide bonds.